The first-order valence-electron chi connectivity index (χ1n) is 11.6. The number of para-hydroxylation sites is 2. The highest BCUT2D eigenvalue weighted by molar-refractivity contribution is 5.87. The molecule has 0 saturated heterocycles. The first-order valence-corrected chi connectivity index (χ1v) is 11.6. The number of hydrogen-bond acceptors (Lipinski definition) is 5. The zero-order valence-corrected chi connectivity index (χ0v) is 20.1. The summed E-state index contributed by atoms with van der Waals surface area (Å²) in [5.41, 5.74) is 12.5. The third-order valence-corrected chi connectivity index (χ3v) is 6.97. The summed E-state index contributed by atoms with van der Waals surface area (Å²) in [5, 5.41) is 11.7. The maximum Gasteiger partial charge on any atom is 0.261 e. The van der Waals surface area contributed by atoms with Crippen LogP contribution in [0.15, 0.2) is 76.9 Å². The molecule has 176 valence electrons. The number of aromatic nitrogens is 3. The second-order valence-electron chi connectivity index (χ2n) is 9.16. The van der Waals surface area contributed by atoms with Crippen molar-refractivity contribution in [1.29, 1.82) is 5.26 Å². The molecule has 3 heterocycles. The molecule has 36 heavy (non-hydrogen) atoms. The van der Waals surface area contributed by atoms with Crippen molar-refractivity contribution in [1.82, 2.24) is 14.5 Å². The van der Waals surface area contributed by atoms with Gasteiger partial charge in [0.2, 0.25) is 5.88 Å². The number of allylic oxidation sites excluding steroid dienone is 1. The lowest BCUT2D eigenvalue weighted by Crippen LogP contribution is -2.23. The van der Waals surface area contributed by atoms with E-state index in [9.17, 15) is 10.1 Å². The summed E-state index contributed by atoms with van der Waals surface area (Å²) >= 11 is 0. The Morgan fingerprint density at radius 3 is 2.58 bits per heavy atom. The quantitative estimate of drug-likeness (QED) is 0.378. The van der Waals surface area contributed by atoms with Gasteiger partial charge in [0.1, 0.15) is 23.2 Å². The van der Waals surface area contributed by atoms with Gasteiger partial charge in [-0.15, -0.1) is 0 Å². The lowest BCUT2D eigenvalue weighted by Gasteiger charge is -2.28. The van der Waals surface area contributed by atoms with Crippen molar-refractivity contribution in [2.24, 2.45) is 12.8 Å². The van der Waals surface area contributed by atoms with Crippen LogP contribution in [0.1, 0.15) is 28.3 Å². The molecule has 0 saturated carbocycles. The Kier molecular flexibility index (Phi) is 4.73. The number of aromatic amines is 1. The van der Waals surface area contributed by atoms with Gasteiger partial charge in [0, 0.05) is 34.8 Å². The van der Waals surface area contributed by atoms with Gasteiger partial charge < -0.3 is 15.5 Å². The van der Waals surface area contributed by atoms with Gasteiger partial charge in [-0.2, -0.15) is 5.26 Å². The molecular weight excluding hydrogens is 450 g/mol. The Hall–Kier alpha value is -4.83. The van der Waals surface area contributed by atoms with E-state index in [0.29, 0.717) is 28.0 Å². The van der Waals surface area contributed by atoms with Crippen molar-refractivity contribution in [2.75, 3.05) is 0 Å². The zero-order valence-electron chi connectivity index (χ0n) is 20.1. The standard InChI is InChI=1S/C29H23N5O2/c1-15-12-17(28-33-23-11-7-5-9-19(23)29(35)34(28)3)13-20-25(21(14-30)27(31)36-26(15)20)24-16(2)32-22-10-6-4-8-18(22)24/h4-13,25,32H,31H2,1-3H3. The van der Waals surface area contributed by atoms with Crippen LogP contribution in [-0.2, 0) is 7.05 Å². The summed E-state index contributed by atoms with van der Waals surface area (Å²) in [6.07, 6.45) is 0. The summed E-state index contributed by atoms with van der Waals surface area (Å²) in [4.78, 5) is 21.4. The van der Waals surface area contributed by atoms with Gasteiger partial charge in [-0.05, 0) is 55.3 Å². The van der Waals surface area contributed by atoms with Crippen LogP contribution in [0.3, 0.4) is 0 Å². The van der Waals surface area contributed by atoms with Crippen molar-refractivity contribution in [2.45, 2.75) is 19.8 Å². The smallest absolute Gasteiger partial charge is 0.261 e. The highest BCUT2D eigenvalue weighted by Gasteiger charge is 2.35. The van der Waals surface area contributed by atoms with Crippen LogP contribution in [0.5, 0.6) is 5.75 Å². The zero-order chi connectivity index (χ0) is 25.1. The Morgan fingerprint density at radius 2 is 1.81 bits per heavy atom. The molecule has 1 atom stereocenters. The van der Waals surface area contributed by atoms with Crippen LogP contribution in [0, 0.1) is 25.2 Å². The number of ether oxygens (including phenoxy) is 1. The largest absolute Gasteiger partial charge is 0.440 e. The normalized spacial score (nSPS) is 15.1. The number of aryl methyl sites for hydroxylation is 2. The fraction of sp³-hybridized carbons (Fsp3) is 0.138. The lowest BCUT2D eigenvalue weighted by atomic mass is 9.80. The molecule has 0 aliphatic carbocycles. The number of H-pyrrole nitrogens is 1. The Morgan fingerprint density at radius 1 is 1.08 bits per heavy atom. The molecule has 1 aliphatic heterocycles. The van der Waals surface area contributed by atoms with Crippen LogP contribution in [0.2, 0.25) is 0 Å². The molecular formula is C29H23N5O2. The maximum absolute atomic E-state index is 13.1. The van der Waals surface area contributed by atoms with Crippen molar-refractivity contribution in [3.63, 3.8) is 0 Å². The summed E-state index contributed by atoms with van der Waals surface area (Å²) in [7, 11) is 1.72. The molecule has 5 aromatic rings. The summed E-state index contributed by atoms with van der Waals surface area (Å²) in [6, 6.07) is 21.5. The van der Waals surface area contributed by atoms with Gasteiger partial charge in [0.15, 0.2) is 0 Å². The molecule has 0 bridgehead atoms. The Bertz CT molecular complexity index is 1850. The maximum atomic E-state index is 13.1. The average molecular weight is 474 g/mol. The molecule has 7 heteroatoms. The number of nitriles is 1. The van der Waals surface area contributed by atoms with Gasteiger partial charge >= 0.3 is 0 Å². The Balaban J connectivity index is 1.66. The first kappa shape index (κ1) is 21.7. The minimum Gasteiger partial charge on any atom is -0.440 e. The number of nitrogens with two attached hydrogens (primary N) is 1. The van der Waals surface area contributed by atoms with Crippen LogP contribution in [0.4, 0.5) is 0 Å². The van der Waals surface area contributed by atoms with Crippen LogP contribution in [0.25, 0.3) is 33.2 Å². The number of hydrogen-bond donors (Lipinski definition) is 2. The van der Waals surface area contributed by atoms with E-state index in [1.54, 1.807) is 17.7 Å². The van der Waals surface area contributed by atoms with E-state index in [1.165, 1.54) is 0 Å². The van der Waals surface area contributed by atoms with E-state index in [4.69, 9.17) is 15.5 Å². The minimum atomic E-state index is -0.439. The van der Waals surface area contributed by atoms with Crippen molar-refractivity contribution < 1.29 is 4.74 Å². The fourth-order valence-electron chi connectivity index (χ4n) is 5.31. The van der Waals surface area contributed by atoms with E-state index in [-0.39, 0.29) is 11.4 Å². The number of rotatable bonds is 2. The van der Waals surface area contributed by atoms with Crippen LogP contribution < -0.4 is 16.0 Å². The molecule has 1 unspecified atom stereocenters. The third kappa shape index (κ3) is 3.05. The molecule has 0 spiro atoms. The van der Waals surface area contributed by atoms with Gasteiger partial charge in [-0.25, -0.2) is 4.98 Å². The molecule has 2 aromatic heterocycles. The molecule has 0 fully saturated rings. The molecule has 3 aromatic carbocycles. The lowest BCUT2D eigenvalue weighted by molar-refractivity contribution is 0.391. The number of benzene rings is 3. The minimum absolute atomic E-state index is 0.103. The Labute approximate surface area is 207 Å². The summed E-state index contributed by atoms with van der Waals surface area (Å²) in [5.74, 6) is 0.827. The highest BCUT2D eigenvalue weighted by Crippen LogP contribution is 2.47. The molecule has 0 amide bonds. The number of nitrogens with one attached hydrogen (secondary N) is 1. The molecule has 0 radical (unpaired) electrons. The first-order chi connectivity index (χ1) is 17.4. The van der Waals surface area contributed by atoms with Crippen molar-refractivity contribution in [3.05, 3.63) is 105 Å². The average Bonchev–Trinajstić information content (AvgIpc) is 3.21. The second-order valence-corrected chi connectivity index (χ2v) is 9.16. The van der Waals surface area contributed by atoms with Crippen molar-refractivity contribution in [3.8, 4) is 23.2 Å². The van der Waals surface area contributed by atoms with Crippen LogP contribution in [-0.4, -0.2) is 14.5 Å². The molecule has 3 N–H and O–H groups in total. The molecule has 7 nitrogen and oxygen atoms in total. The summed E-state index contributed by atoms with van der Waals surface area (Å²) < 4.78 is 7.56. The molecule has 6 rings (SSSR count). The van der Waals surface area contributed by atoms with Gasteiger partial charge in [0.25, 0.3) is 5.56 Å². The third-order valence-electron chi connectivity index (χ3n) is 6.97. The van der Waals surface area contributed by atoms with E-state index in [0.717, 1.165) is 38.9 Å². The predicted molar refractivity (Wildman–Crippen MR) is 139 cm³/mol. The van der Waals surface area contributed by atoms with E-state index in [2.05, 4.69) is 11.1 Å². The summed E-state index contributed by atoms with van der Waals surface area (Å²) in [6.45, 7) is 3.94. The number of nitrogens with zero attached hydrogens (tertiary/aromatic N) is 3. The van der Waals surface area contributed by atoms with E-state index in [1.807, 2.05) is 68.4 Å². The molecule has 1 aliphatic rings. The number of fused-ring (bicyclic) bond motifs is 3. The van der Waals surface area contributed by atoms with Gasteiger partial charge in [-0.3, -0.25) is 9.36 Å². The van der Waals surface area contributed by atoms with Crippen LogP contribution >= 0.6 is 0 Å². The van der Waals surface area contributed by atoms with Gasteiger partial charge in [-0.1, -0.05) is 30.3 Å². The monoisotopic (exact) mass is 473 g/mol. The van der Waals surface area contributed by atoms with E-state index >= 15 is 0 Å². The topological polar surface area (TPSA) is 110 Å². The highest BCUT2D eigenvalue weighted by atomic mass is 16.5. The second kappa shape index (κ2) is 7.85. The predicted octanol–water partition coefficient (Wildman–Crippen LogP) is 4.92. The SMILES string of the molecule is Cc1cc(-c2nc3ccccc3c(=O)n2C)cc2c1OC(N)=C(C#N)C2c1c(C)[nH]c2ccccc12. The van der Waals surface area contributed by atoms with Crippen molar-refractivity contribution >= 4 is 21.8 Å². The van der Waals surface area contributed by atoms with E-state index < -0.39 is 5.92 Å². The van der Waals surface area contributed by atoms with Gasteiger partial charge in [0.05, 0.1) is 16.8 Å². The fourth-order valence-corrected chi connectivity index (χ4v) is 5.31.